The lowest BCUT2D eigenvalue weighted by Crippen LogP contribution is -2.37. The van der Waals surface area contributed by atoms with Gasteiger partial charge in [0.25, 0.3) is 0 Å². The lowest BCUT2D eigenvalue weighted by molar-refractivity contribution is -0.120. The van der Waals surface area contributed by atoms with Gasteiger partial charge in [0, 0.05) is 16.1 Å². The predicted molar refractivity (Wildman–Crippen MR) is 99.0 cm³/mol. The monoisotopic (exact) mass is 409 g/mol. The van der Waals surface area contributed by atoms with Crippen LogP contribution >= 0.6 is 27.7 Å². The molecule has 8 heteroatoms. The summed E-state index contributed by atoms with van der Waals surface area (Å²) in [7, 11) is 0. The topological polar surface area (TPSA) is 85.8 Å². The largest absolute Gasteiger partial charge is 0.352 e. The number of hydrogen-bond acceptors (Lipinski definition) is 5. The van der Waals surface area contributed by atoms with Crippen LogP contribution in [-0.2, 0) is 4.79 Å². The van der Waals surface area contributed by atoms with E-state index in [1.807, 2.05) is 31.2 Å². The van der Waals surface area contributed by atoms with Gasteiger partial charge in [0.15, 0.2) is 5.82 Å². The zero-order valence-electron chi connectivity index (χ0n) is 13.4. The van der Waals surface area contributed by atoms with E-state index in [9.17, 15) is 4.79 Å². The molecule has 0 aliphatic heterocycles. The van der Waals surface area contributed by atoms with Crippen molar-refractivity contribution >= 4 is 33.6 Å². The highest BCUT2D eigenvalue weighted by molar-refractivity contribution is 9.10. The molecule has 1 heterocycles. The van der Waals surface area contributed by atoms with Crippen LogP contribution in [-0.4, -0.2) is 32.1 Å². The van der Waals surface area contributed by atoms with Gasteiger partial charge in [-0.1, -0.05) is 52.7 Å². The van der Waals surface area contributed by atoms with Crippen LogP contribution < -0.4 is 11.2 Å². The second kappa shape index (κ2) is 7.57. The molecule has 2 aromatic rings. The first-order valence-corrected chi connectivity index (χ1v) is 9.66. The summed E-state index contributed by atoms with van der Waals surface area (Å²) in [5, 5.41) is 11.7. The molecule has 0 saturated heterocycles. The average Bonchev–Trinajstić information content (AvgIpc) is 3.19. The van der Waals surface area contributed by atoms with E-state index in [-0.39, 0.29) is 11.2 Å². The number of thioether (sulfide) groups is 1. The maximum Gasteiger partial charge on any atom is 0.233 e. The van der Waals surface area contributed by atoms with Gasteiger partial charge in [0.2, 0.25) is 11.1 Å². The number of carbonyl (C=O) groups is 1. The van der Waals surface area contributed by atoms with Crippen LogP contribution in [0, 0.1) is 0 Å². The number of rotatable bonds is 5. The molecule has 128 valence electrons. The minimum atomic E-state index is -0.274. The van der Waals surface area contributed by atoms with Gasteiger partial charge in [-0.25, -0.2) is 4.68 Å². The van der Waals surface area contributed by atoms with Gasteiger partial charge in [0.05, 0.1) is 5.25 Å². The Hall–Kier alpha value is -1.54. The fourth-order valence-electron chi connectivity index (χ4n) is 2.78. The molecule has 1 aromatic carbocycles. The Bertz CT molecular complexity index is 729. The number of nitrogens with zero attached hydrogens (tertiary/aromatic N) is 3. The van der Waals surface area contributed by atoms with Gasteiger partial charge in [-0.15, -0.1) is 10.2 Å². The molecule has 1 aromatic heterocycles. The second-order valence-electron chi connectivity index (χ2n) is 5.91. The summed E-state index contributed by atoms with van der Waals surface area (Å²) >= 11 is 4.81. The van der Waals surface area contributed by atoms with Gasteiger partial charge >= 0.3 is 0 Å². The number of nitrogens with two attached hydrogens (primary N) is 1. The van der Waals surface area contributed by atoms with Crippen molar-refractivity contribution in [3.05, 3.63) is 28.7 Å². The Morgan fingerprint density at radius 1 is 1.38 bits per heavy atom. The van der Waals surface area contributed by atoms with Crippen molar-refractivity contribution in [2.24, 2.45) is 0 Å². The van der Waals surface area contributed by atoms with E-state index in [0.717, 1.165) is 22.9 Å². The molecule has 1 atom stereocenters. The quantitative estimate of drug-likeness (QED) is 0.585. The van der Waals surface area contributed by atoms with Crippen LogP contribution in [0.1, 0.15) is 32.6 Å². The smallest absolute Gasteiger partial charge is 0.233 e. The maximum absolute atomic E-state index is 12.3. The van der Waals surface area contributed by atoms with E-state index < -0.39 is 0 Å². The van der Waals surface area contributed by atoms with E-state index in [0.29, 0.717) is 17.0 Å². The van der Waals surface area contributed by atoms with Gasteiger partial charge in [-0.3, -0.25) is 4.79 Å². The Labute approximate surface area is 153 Å². The molecule has 0 radical (unpaired) electrons. The van der Waals surface area contributed by atoms with Gasteiger partial charge in [-0.05, 0) is 31.9 Å². The second-order valence-corrected chi connectivity index (χ2v) is 8.07. The third-order valence-electron chi connectivity index (χ3n) is 4.13. The number of hydrogen-bond donors (Lipinski definition) is 2. The summed E-state index contributed by atoms with van der Waals surface area (Å²) in [6, 6.07) is 8.00. The normalized spacial score (nSPS) is 16.2. The van der Waals surface area contributed by atoms with Crippen molar-refractivity contribution in [2.45, 2.75) is 49.1 Å². The van der Waals surface area contributed by atoms with Crippen molar-refractivity contribution in [1.82, 2.24) is 20.2 Å². The number of aromatic nitrogens is 3. The third kappa shape index (κ3) is 3.75. The molecule has 0 bridgehead atoms. The molecule has 0 unspecified atom stereocenters. The van der Waals surface area contributed by atoms with E-state index in [1.54, 1.807) is 0 Å². The molecule has 1 saturated carbocycles. The van der Waals surface area contributed by atoms with Crippen LogP contribution in [0.2, 0.25) is 0 Å². The van der Waals surface area contributed by atoms with E-state index in [2.05, 4.69) is 31.4 Å². The number of nitrogen functional groups attached to an aromatic ring is 1. The first-order chi connectivity index (χ1) is 11.6. The fraction of sp³-hybridized carbons (Fsp3) is 0.438. The summed E-state index contributed by atoms with van der Waals surface area (Å²) in [4.78, 5) is 12.3. The number of benzene rings is 1. The van der Waals surface area contributed by atoms with E-state index in [4.69, 9.17) is 5.84 Å². The molecule has 1 aliphatic rings. The standard InChI is InChI=1S/C16H20BrN5OS/c1-10(15(23)19-11-6-2-3-7-11)24-16-21-20-14(22(16)18)12-8-4-5-9-13(12)17/h4-5,8-11H,2-3,6-7,18H2,1H3,(H,19,23)/t10-/m1/s1. The van der Waals surface area contributed by atoms with Crippen molar-refractivity contribution in [3.63, 3.8) is 0 Å². The van der Waals surface area contributed by atoms with E-state index in [1.165, 1.54) is 29.3 Å². The Morgan fingerprint density at radius 3 is 2.79 bits per heavy atom. The molecule has 1 amide bonds. The summed E-state index contributed by atoms with van der Waals surface area (Å²) in [6.07, 6.45) is 4.53. The number of carbonyl (C=O) groups excluding carboxylic acids is 1. The molecule has 3 rings (SSSR count). The number of halogens is 1. The first kappa shape index (κ1) is 17.3. The van der Waals surface area contributed by atoms with Crippen LogP contribution in [0.15, 0.2) is 33.9 Å². The molecule has 3 N–H and O–H groups in total. The molecule has 24 heavy (non-hydrogen) atoms. The van der Waals surface area contributed by atoms with Crippen molar-refractivity contribution in [1.29, 1.82) is 0 Å². The molecule has 0 spiro atoms. The highest BCUT2D eigenvalue weighted by atomic mass is 79.9. The number of nitrogens with one attached hydrogen (secondary N) is 1. The van der Waals surface area contributed by atoms with Crippen LogP contribution in [0.4, 0.5) is 0 Å². The first-order valence-electron chi connectivity index (χ1n) is 7.98. The predicted octanol–water partition coefficient (Wildman–Crippen LogP) is 2.96. The van der Waals surface area contributed by atoms with Crippen molar-refractivity contribution in [3.8, 4) is 11.4 Å². The molecule has 1 fully saturated rings. The zero-order chi connectivity index (χ0) is 17.1. The van der Waals surface area contributed by atoms with Crippen molar-refractivity contribution < 1.29 is 4.79 Å². The van der Waals surface area contributed by atoms with Crippen LogP contribution in [0.25, 0.3) is 11.4 Å². The summed E-state index contributed by atoms with van der Waals surface area (Å²) in [6.45, 7) is 1.86. The maximum atomic E-state index is 12.3. The van der Waals surface area contributed by atoms with E-state index >= 15 is 0 Å². The van der Waals surface area contributed by atoms with Gasteiger partial charge in [0.1, 0.15) is 0 Å². The van der Waals surface area contributed by atoms with Crippen LogP contribution in [0.5, 0.6) is 0 Å². The number of amides is 1. The molecular formula is C16H20BrN5OS. The third-order valence-corrected chi connectivity index (χ3v) is 5.88. The molecule has 6 nitrogen and oxygen atoms in total. The lowest BCUT2D eigenvalue weighted by atomic mass is 10.2. The van der Waals surface area contributed by atoms with Gasteiger partial charge < -0.3 is 11.2 Å². The minimum absolute atomic E-state index is 0.0253. The Balaban J connectivity index is 1.69. The summed E-state index contributed by atoms with van der Waals surface area (Å²) < 4.78 is 2.33. The SMILES string of the molecule is C[C@@H](Sc1nnc(-c2ccccc2Br)n1N)C(=O)NC1CCCC1. The van der Waals surface area contributed by atoms with Gasteiger partial charge in [-0.2, -0.15) is 0 Å². The summed E-state index contributed by atoms with van der Waals surface area (Å²) in [5.74, 6) is 6.72. The van der Waals surface area contributed by atoms with Crippen LogP contribution in [0.3, 0.4) is 0 Å². The lowest BCUT2D eigenvalue weighted by Gasteiger charge is -2.15. The Morgan fingerprint density at radius 2 is 2.08 bits per heavy atom. The van der Waals surface area contributed by atoms with Crippen molar-refractivity contribution in [2.75, 3.05) is 5.84 Å². The zero-order valence-corrected chi connectivity index (χ0v) is 15.8. The minimum Gasteiger partial charge on any atom is -0.352 e. The molecule has 1 aliphatic carbocycles. The highest BCUT2D eigenvalue weighted by Gasteiger charge is 2.23. The fourth-order valence-corrected chi connectivity index (χ4v) is 4.03. The average molecular weight is 410 g/mol. The Kier molecular flexibility index (Phi) is 5.45. The highest BCUT2D eigenvalue weighted by Crippen LogP contribution is 2.29. The molecular weight excluding hydrogens is 390 g/mol. The summed E-state index contributed by atoms with van der Waals surface area (Å²) in [5.41, 5.74) is 0.863.